The van der Waals surface area contributed by atoms with Crippen LogP contribution in [-0.4, -0.2) is 25.6 Å². The highest BCUT2D eigenvalue weighted by molar-refractivity contribution is 6.02. The van der Waals surface area contributed by atoms with E-state index in [-0.39, 0.29) is 17.9 Å². The van der Waals surface area contributed by atoms with Gasteiger partial charge in [-0.15, -0.1) is 0 Å². The van der Waals surface area contributed by atoms with Gasteiger partial charge in [0, 0.05) is 23.8 Å². The minimum absolute atomic E-state index is 0.186. The molecule has 0 atom stereocenters. The molecular formula is C20H21N3O3. The third kappa shape index (κ3) is 3.22. The van der Waals surface area contributed by atoms with Crippen LogP contribution in [0.5, 0.6) is 5.75 Å². The average molecular weight is 351 g/mol. The van der Waals surface area contributed by atoms with Gasteiger partial charge >= 0.3 is 6.03 Å². The molecule has 2 N–H and O–H groups in total. The zero-order valence-corrected chi connectivity index (χ0v) is 14.6. The van der Waals surface area contributed by atoms with E-state index in [1.807, 2.05) is 35.2 Å². The maximum atomic E-state index is 12.4. The minimum atomic E-state index is -0.354. The smallest absolute Gasteiger partial charge is 0.323 e. The SMILES string of the molecule is COc1ccccc1NC(=O)Nc1ccc2c(c1)N(C(=O)C1CC1)CC2. The largest absolute Gasteiger partial charge is 0.495 e. The lowest BCUT2D eigenvalue weighted by Crippen LogP contribution is -2.30. The summed E-state index contributed by atoms with van der Waals surface area (Å²) in [4.78, 5) is 26.6. The third-order valence-corrected chi connectivity index (χ3v) is 4.79. The van der Waals surface area contributed by atoms with Gasteiger partial charge in [-0.3, -0.25) is 4.79 Å². The van der Waals surface area contributed by atoms with Gasteiger partial charge in [0.2, 0.25) is 5.91 Å². The van der Waals surface area contributed by atoms with Crippen LogP contribution in [0.3, 0.4) is 0 Å². The molecule has 0 aromatic heterocycles. The Balaban J connectivity index is 1.48. The molecule has 1 saturated carbocycles. The lowest BCUT2D eigenvalue weighted by atomic mass is 10.1. The molecule has 6 heteroatoms. The van der Waals surface area contributed by atoms with Gasteiger partial charge in [0.05, 0.1) is 12.8 Å². The van der Waals surface area contributed by atoms with E-state index in [4.69, 9.17) is 4.74 Å². The summed E-state index contributed by atoms with van der Waals surface area (Å²) >= 11 is 0. The predicted octanol–water partition coefficient (Wildman–Crippen LogP) is 3.64. The average Bonchev–Trinajstić information content (AvgIpc) is 3.41. The Kier molecular flexibility index (Phi) is 4.24. The highest BCUT2D eigenvalue weighted by atomic mass is 16.5. The van der Waals surface area contributed by atoms with Crippen molar-refractivity contribution in [3.05, 3.63) is 48.0 Å². The number of rotatable bonds is 4. The summed E-state index contributed by atoms with van der Waals surface area (Å²) < 4.78 is 5.24. The van der Waals surface area contributed by atoms with E-state index in [2.05, 4.69) is 10.6 Å². The molecule has 1 aliphatic heterocycles. The summed E-state index contributed by atoms with van der Waals surface area (Å²) in [7, 11) is 1.56. The van der Waals surface area contributed by atoms with Crippen molar-refractivity contribution < 1.29 is 14.3 Å². The third-order valence-electron chi connectivity index (χ3n) is 4.79. The number of nitrogens with one attached hydrogen (secondary N) is 2. The maximum Gasteiger partial charge on any atom is 0.323 e. The van der Waals surface area contributed by atoms with Gasteiger partial charge in [-0.05, 0) is 49.1 Å². The van der Waals surface area contributed by atoms with Gasteiger partial charge in [-0.1, -0.05) is 18.2 Å². The van der Waals surface area contributed by atoms with Crippen LogP contribution in [0.15, 0.2) is 42.5 Å². The number of fused-ring (bicyclic) bond motifs is 1. The molecule has 0 spiro atoms. The van der Waals surface area contributed by atoms with E-state index in [1.165, 1.54) is 0 Å². The van der Waals surface area contributed by atoms with Crippen LogP contribution in [0.2, 0.25) is 0 Å². The second-order valence-electron chi connectivity index (χ2n) is 6.64. The second kappa shape index (κ2) is 6.71. The molecule has 0 bridgehead atoms. The maximum absolute atomic E-state index is 12.4. The molecule has 2 aromatic carbocycles. The fourth-order valence-electron chi connectivity index (χ4n) is 3.27. The van der Waals surface area contributed by atoms with Gasteiger partial charge in [0.1, 0.15) is 5.75 Å². The highest BCUT2D eigenvalue weighted by Crippen LogP contribution is 2.37. The van der Waals surface area contributed by atoms with Crippen molar-refractivity contribution in [1.82, 2.24) is 0 Å². The molecule has 134 valence electrons. The number of nitrogens with zero attached hydrogens (tertiary/aromatic N) is 1. The van der Waals surface area contributed by atoms with Crippen molar-refractivity contribution in [2.75, 3.05) is 29.2 Å². The first-order valence-electron chi connectivity index (χ1n) is 8.81. The molecule has 1 heterocycles. The van der Waals surface area contributed by atoms with E-state index in [1.54, 1.807) is 19.2 Å². The molecule has 0 saturated heterocycles. The van der Waals surface area contributed by atoms with Crippen molar-refractivity contribution in [1.29, 1.82) is 0 Å². The van der Waals surface area contributed by atoms with Crippen LogP contribution >= 0.6 is 0 Å². The van der Waals surface area contributed by atoms with Gasteiger partial charge in [-0.2, -0.15) is 0 Å². The fraction of sp³-hybridized carbons (Fsp3) is 0.300. The number of amides is 3. The zero-order chi connectivity index (χ0) is 18.1. The Morgan fingerprint density at radius 2 is 1.92 bits per heavy atom. The number of methoxy groups -OCH3 is 1. The van der Waals surface area contributed by atoms with E-state index in [9.17, 15) is 9.59 Å². The summed E-state index contributed by atoms with van der Waals surface area (Å²) in [6.45, 7) is 0.724. The molecule has 0 unspecified atom stereocenters. The Morgan fingerprint density at radius 3 is 2.69 bits per heavy atom. The molecule has 2 aliphatic rings. The standard InChI is InChI=1S/C20H21N3O3/c1-26-18-5-3-2-4-16(18)22-20(25)21-15-9-8-13-10-11-23(17(13)12-15)19(24)14-6-7-14/h2-5,8-9,12,14H,6-7,10-11H2,1H3,(H2,21,22,25). The molecule has 0 radical (unpaired) electrons. The van der Waals surface area contributed by atoms with E-state index >= 15 is 0 Å². The number of hydrogen-bond acceptors (Lipinski definition) is 3. The molecule has 4 rings (SSSR count). The molecule has 2 aromatic rings. The number of benzene rings is 2. The van der Waals surface area contributed by atoms with Crippen LogP contribution in [0.4, 0.5) is 21.9 Å². The minimum Gasteiger partial charge on any atom is -0.495 e. The lowest BCUT2D eigenvalue weighted by Gasteiger charge is -2.18. The van der Waals surface area contributed by atoms with Crippen molar-refractivity contribution in [3.63, 3.8) is 0 Å². The summed E-state index contributed by atoms with van der Waals surface area (Å²) in [5, 5.41) is 5.62. The fourth-order valence-corrected chi connectivity index (χ4v) is 3.27. The van der Waals surface area contributed by atoms with Gasteiger partial charge in [0.15, 0.2) is 0 Å². The number of anilines is 3. The summed E-state index contributed by atoms with van der Waals surface area (Å²) in [6, 6.07) is 12.6. The Morgan fingerprint density at radius 1 is 1.12 bits per heavy atom. The number of hydrogen-bond donors (Lipinski definition) is 2. The van der Waals surface area contributed by atoms with Crippen LogP contribution in [0.25, 0.3) is 0 Å². The van der Waals surface area contributed by atoms with Gasteiger partial charge in [0.25, 0.3) is 0 Å². The number of para-hydroxylation sites is 2. The predicted molar refractivity (Wildman–Crippen MR) is 101 cm³/mol. The van der Waals surface area contributed by atoms with Crippen molar-refractivity contribution in [2.45, 2.75) is 19.3 Å². The highest BCUT2D eigenvalue weighted by Gasteiger charge is 2.36. The number of urea groups is 1. The quantitative estimate of drug-likeness (QED) is 0.883. The first-order valence-corrected chi connectivity index (χ1v) is 8.81. The first-order chi connectivity index (χ1) is 12.7. The van der Waals surface area contributed by atoms with Gasteiger partial charge < -0.3 is 20.3 Å². The van der Waals surface area contributed by atoms with Gasteiger partial charge in [-0.25, -0.2) is 4.79 Å². The first kappa shape index (κ1) is 16.4. The van der Waals surface area contributed by atoms with Crippen molar-refractivity contribution in [3.8, 4) is 5.75 Å². The van der Waals surface area contributed by atoms with Crippen LogP contribution < -0.4 is 20.3 Å². The topological polar surface area (TPSA) is 70.7 Å². The number of carbonyl (C=O) groups excluding carboxylic acids is 2. The van der Waals surface area contributed by atoms with Crippen LogP contribution in [-0.2, 0) is 11.2 Å². The molecule has 6 nitrogen and oxygen atoms in total. The summed E-state index contributed by atoms with van der Waals surface area (Å²) in [6.07, 6.45) is 2.84. The summed E-state index contributed by atoms with van der Waals surface area (Å²) in [5.74, 6) is 0.989. The second-order valence-corrected chi connectivity index (χ2v) is 6.64. The number of carbonyl (C=O) groups is 2. The normalized spacial score (nSPS) is 15.3. The molecule has 1 aliphatic carbocycles. The molecular weight excluding hydrogens is 330 g/mol. The van der Waals surface area contributed by atoms with E-state index in [0.29, 0.717) is 17.1 Å². The lowest BCUT2D eigenvalue weighted by molar-refractivity contribution is -0.119. The Hall–Kier alpha value is -3.02. The monoisotopic (exact) mass is 351 g/mol. The summed E-state index contributed by atoms with van der Waals surface area (Å²) in [5.41, 5.74) is 3.32. The zero-order valence-electron chi connectivity index (χ0n) is 14.6. The Labute approximate surface area is 152 Å². The van der Waals surface area contributed by atoms with Crippen molar-refractivity contribution in [2.24, 2.45) is 5.92 Å². The molecule has 26 heavy (non-hydrogen) atoms. The van der Waals surface area contributed by atoms with Crippen LogP contribution in [0.1, 0.15) is 18.4 Å². The number of ether oxygens (including phenoxy) is 1. The molecule has 3 amide bonds. The van der Waals surface area contributed by atoms with Crippen LogP contribution in [0, 0.1) is 5.92 Å². The molecule has 1 fully saturated rings. The van der Waals surface area contributed by atoms with E-state index in [0.717, 1.165) is 37.1 Å². The Bertz CT molecular complexity index is 861. The van der Waals surface area contributed by atoms with Crippen molar-refractivity contribution >= 4 is 29.0 Å². The van der Waals surface area contributed by atoms with E-state index < -0.39 is 0 Å².